The molecule has 0 spiro atoms. The smallest absolute Gasteiger partial charge is 0.330 e. The van der Waals surface area contributed by atoms with E-state index in [2.05, 4.69) is 5.32 Å². The van der Waals surface area contributed by atoms with Gasteiger partial charge in [0.15, 0.2) is 0 Å². The Kier molecular flexibility index (Phi) is 8.17. The first-order valence-corrected chi connectivity index (χ1v) is 7.98. The first-order chi connectivity index (χ1) is 11.5. The van der Waals surface area contributed by atoms with Crippen LogP contribution in [-0.2, 0) is 18.8 Å². The molecule has 1 aromatic carbocycles. The van der Waals surface area contributed by atoms with Gasteiger partial charge in [-0.25, -0.2) is 0 Å². The zero-order valence-corrected chi connectivity index (χ0v) is 13.7. The Labute approximate surface area is 142 Å². The normalized spacial score (nSPS) is 13.9. The summed E-state index contributed by atoms with van der Waals surface area (Å²) in [7, 11) is 0. The maximum Gasteiger partial charge on any atom is 0.416 e. The average Bonchev–Trinajstić information content (AvgIpc) is 2.50. The van der Waals surface area contributed by atoms with Crippen molar-refractivity contribution in [2.75, 3.05) is 19.6 Å². The Bertz CT molecular complexity index is 495. The minimum absolute atomic E-state index is 0.0120. The maximum atomic E-state index is 12.8. The van der Waals surface area contributed by atoms with Crippen LogP contribution < -0.4 is 16.8 Å². The first-order valence-electron chi connectivity index (χ1n) is 7.98. The van der Waals surface area contributed by atoms with E-state index in [1.54, 1.807) is 0 Å². The van der Waals surface area contributed by atoms with E-state index in [0.717, 1.165) is 25.0 Å². The van der Waals surface area contributed by atoms with Crippen LogP contribution in [0.2, 0.25) is 0 Å². The predicted octanol–water partition coefficient (Wildman–Crippen LogP) is 3.31. The second kappa shape index (κ2) is 9.40. The summed E-state index contributed by atoms with van der Waals surface area (Å²) in [6.45, 7) is 1.36. The van der Waals surface area contributed by atoms with Crippen molar-refractivity contribution in [3.63, 3.8) is 0 Å². The van der Waals surface area contributed by atoms with Gasteiger partial charge in [-0.15, -0.1) is 0 Å². The number of hydrogen-bond acceptors (Lipinski definition) is 3. The summed E-state index contributed by atoms with van der Waals surface area (Å²) in [6.07, 6.45) is -7.33. The maximum absolute atomic E-state index is 12.8. The molecule has 1 aromatic rings. The van der Waals surface area contributed by atoms with Gasteiger partial charge in [0, 0.05) is 6.04 Å². The third-order valence-electron chi connectivity index (χ3n) is 3.71. The minimum atomic E-state index is -4.82. The Hall–Kier alpha value is -1.32. The molecule has 144 valence electrons. The molecule has 0 unspecified atom stereocenters. The molecule has 1 atom stereocenters. The summed E-state index contributed by atoms with van der Waals surface area (Å²) < 4.78 is 76.6. The summed E-state index contributed by atoms with van der Waals surface area (Å²) in [5.41, 5.74) is 8.62. The number of alkyl halides is 6. The fourth-order valence-electron chi connectivity index (χ4n) is 2.33. The highest BCUT2D eigenvalue weighted by Crippen LogP contribution is 2.36. The summed E-state index contributed by atoms with van der Waals surface area (Å²) >= 11 is 0. The summed E-state index contributed by atoms with van der Waals surface area (Å²) in [5.74, 6) is 0. The molecule has 0 fully saturated rings. The van der Waals surface area contributed by atoms with Gasteiger partial charge in [-0.05, 0) is 69.1 Å². The second-order valence-corrected chi connectivity index (χ2v) is 5.89. The molecule has 1 rings (SSSR count). The van der Waals surface area contributed by atoms with Gasteiger partial charge in [0.05, 0.1) is 11.1 Å². The molecular formula is C16H23F6N3. The van der Waals surface area contributed by atoms with Gasteiger partial charge in [0.25, 0.3) is 0 Å². The van der Waals surface area contributed by atoms with E-state index in [4.69, 9.17) is 11.5 Å². The number of nitrogens with one attached hydrogen (secondary N) is 1. The monoisotopic (exact) mass is 371 g/mol. The second-order valence-electron chi connectivity index (χ2n) is 5.89. The highest BCUT2D eigenvalue weighted by molar-refractivity contribution is 5.33. The largest absolute Gasteiger partial charge is 0.416 e. The lowest BCUT2D eigenvalue weighted by Crippen LogP contribution is -2.28. The molecule has 0 radical (unpaired) electrons. The van der Waals surface area contributed by atoms with Crippen LogP contribution in [0.1, 0.15) is 36.0 Å². The molecule has 0 saturated heterocycles. The van der Waals surface area contributed by atoms with E-state index in [1.807, 2.05) is 0 Å². The average molecular weight is 371 g/mol. The molecular weight excluding hydrogens is 348 g/mol. The Morgan fingerprint density at radius 1 is 0.880 bits per heavy atom. The lowest BCUT2D eigenvalue weighted by Gasteiger charge is -2.15. The zero-order chi connectivity index (χ0) is 19.1. The zero-order valence-electron chi connectivity index (χ0n) is 13.7. The third kappa shape index (κ3) is 8.06. The van der Waals surface area contributed by atoms with Gasteiger partial charge >= 0.3 is 12.4 Å². The van der Waals surface area contributed by atoms with Crippen molar-refractivity contribution in [1.82, 2.24) is 5.32 Å². The number of benzene rings is 1. The van der Waals surface area contributed by atoms with Crippen molar-refractivity contribution < 1.29 is 26.3 Å². The molecule has 25 heavy (non-hydrogen) atoms. The highest BCUT2D eigenvalue weighted by atomic mass is 19.4. The van der Waals surface area contributed by atoms with Crippen LogP contribution in [0.5, 0.6) is 0 Å². The molecule has 0 saturated carbocycles. The van der Waals surface area contributed by atoms with Crippen molar-refractivity contribution in [3.05, 3.63) is 34.9 Å². The van der Waals surface area contributed by atoms with Crippen molar-refractivity contribution in [3.8, 4) is 0 Å². The van der Waals surface area contributed by atoms with Crippen LogP contribution in [0.15, 0.2) is 18.2 Å². The number of halogens is 6. The Balaban J connectivity index is 2.60. The molecule has 0 aliphatic carbocycles. The van der Waals surface area contributed by atoms with Gasteiger partial charge in [-0.2, -0.15) is 26.3 Å². The third-order valence-corrected chi connectivity index (χ3v) is 3.71. The van der Waals surface area contributed by atoms with Gasteiger partial charge in [-0.1, -0.05) is 0 Å². The van der Waals surface area contributed by atoms with Crippen molar-refractivity contribution >= 4 is 0 Å². The Morgan fingerprint density at radius 2 is 1.44 bits per heavy atom. The molecule has 0 aromatic heterocycles. The van der Waals surface area contributed by atoms with Crippen molar-refractivity contribution in [2.24, 2.45) is 11.5 Å². The predicted molar refractivity (Wildman–Crippen MR) is 83.9 cm³/mol. The van der Waals surface area contributed by atoms with E-state index in [-0.39, 0.29) is 30.6 Å². The lowest BCUT2D eigenvalue weighted by atomic mass is 10.0. The standard InChI is InChI=1S/C16H23F6N3/c17-15(18,19)12-8-11(9-13(10-12)16(20,21)22)3-6-25-7-4-14(24)2-1-5-23/h8-10,14,25H,1-7,23-24H2/t14-/m0/s1. The van der Waals surface area contributed by atoms with Gasteiger partial charge in [0.2, 0.25) is 0 Å². The Morgan fingerprint density at radius 3 is 1.92 bits per heavy atom. The van der Waals surface area contributed by atoms with E-state index in [0.29, 0.717) is 19.5 Å². The number of nitrogens with two attached hydrogens (primary N) is 2. The number of hydrogen-bond donors (Lipinski definition) is 3. The van der Waals surface area contributed by atoms with E-state index >= 15 is 0 Å². The summed E-state index contributed by atoms with van der Waals surface area (Å²) in [4.78, 5) is 0. The topological polar surface area (TPSA) is 64.1 Å². The van der Waals surface area contributed by atoms with E-state index < -0.39 is 23.5 Å². The van der Waals surface area contributed by atoms with Crippen LogP contribution in [-0.4, -0.2) is 25.7 Å². The van der Waals surface area contributed by atoms with Crippen LogP contribution >= 0.6 is 0 Å². The van der Waals surface area contributed by atoms with Crippen molar-refractivity contribution in [2.45, 2.75) is 44.1 Å². The lowest BCUT2D eigenvalue weighted by molar-refractivity contribution is -0.143. The summed E-state index contributed by atoms with van der Waals surface area (Å²) in [5, 5.41) is 2.98. The van der Waals surface area contributed by atoms with Crippen LogP contribution in [0.4, 0.5) is 26.3 Å². The quantitative estimate of drug-likeness (QED) is 0.461. The molecule has 5 N–H and O–H groups in total. The van der Waals surface area contributed by atoms with E-state index in [9.17, 15) is 26.3 Å². The first kappa shape index (κ1) is 21.7. The van der Waals surface area contributed by atoms with Crippen molar-refractivity contribution in [1.29, 1.82) is 0 Å². The molecule has 0 bridgehead atoms. The molecule has 0 aliphatic rings. The fourth-order valence-corrected chi connectivity index (χ4v) is 2.33. The van der Waals surface area contributed by atoms with E-state index in [1.165, 1.54) is 0 Å². The summed E-state index contributed by atoms with van der Waals surface area (Å²) in [6, 6.07) is 1.61. The van der Waals surface area contributed by atoms with Crippen LogP contribution in [0, 0.1) is 0 Å². The SMILES string of the molecule is NCCC[C@H](N)CCNCCc1cc(C(F)(F)F)cc(C(F)(F)F)c1. The van der Waals surface area contributed by atoms with Gasteiger partial charge < -0.3 is 16.8 Å². The molecule has 0 amide bonds. The molecule has 9 heteroatoms. The fraction of sp³-hybridized carbons (Fsp3) is 0.625. The number of rotatable bonds is 9. The van der Waals surface area contributed by atoms with Gasteiger partial charge in [0.1, 0.15) is 0 Å². The molecule has 0 aliphatic heterocycles. The van der Waals surface area contributed by atoms with Crippen LogP contribution in [0.25, 0.3) is 0 Å². The highest BCUT2D eigenvalue weighted by Gasteiger charge is 2.36. The minimum Gasteiger partial charge on any atom is -0.330 e. The molecule has 3 nitrogen and oxygen atoms in total. The molecule has 0 heterocycles. The van der Waals surface area contributed by atoms with Crippen LogP contribution in [0.3, 0.4) is 0 Å². The van der Waals surface area contributed by atoms with Gasteiger partial charge in [-0.3, -0.25) is 0 Å².